The third-order valence-corrected chi connectivity index (χ3v) is 4.86. The zero-order chi connectivity index (χ0) is 22.8. The van der Waals surface area contributed by atoms with Gasteiger partial charge in [-0.1, -0.05) is 0 Å². The van der Waals surface area contributed by atoms with E-state index in [1.807, 2.05) is 33.4 Å². The maximum atomic E-state index is 10.9. The molecule has 0 aliphatic heterocycles. The Morgan fingerprint density at radius 3 is 2.00 bits per heavy atom. The molecular weight excluding hydrogens is 446 g/mol. The number of imidazole rings is 2. The number of nitrogens with zero attached hydrogens (tertiary/aromatic N) is 6. The van der Waals surface area contributed by atoms with E-state index in [9.17, 15) is 9.90 Å². The second-order valence-corrected chi connectivity index (χ2v) is 6.96. The van der Waals surface area contributed by atoms with E-state index in [0.717, 1.165) is 36.7 Å². The van der Waals surface area contributed by atoms with E-state index in [2.05, 4.69) is 19.9 Å². The summed E-state index contributed by atoms with van der Waals surface area (Å²) in [4.78, 5) is 27.6. The molecule has 12 heteroatoms. The van der Waals surface area contributed by atoms with E-state index in [0.29, 0.717) is 42.7 Å². The van der Waals surface area contributed by atoms with Crippen molar-refractivity contribution in [2.24, 2.45) is 0 Å². The minimum atomic E-state index is -0.0661. The summed E-state index contributed by atoms with van der Waals surface area (Å²) < 4.78 is 13.9. The Hall–Kier alpha value is -2.15. The Bertz CT molecular complexity index is 1160. The SMILES string of the molecule is COCCCn1c(C=O)nc2ncccc21.COCCCn1c(CO)nc2ncccc21.[B].[H-].[Na+]. The fourth-order valence-electron chi connectivity index (χ4n) is 3.41. The molecule has 0 unspecified atom stereocenters. The number of aldehydes is 1. The van der Waals surface area contributed by atoms with Crippen LogP contribution in [0.5, 0.6) is 0 Å². The van der Waals surface area contributed by atoms with Gasteiger partial charge in [-0.25, -0.2) is 19.9 Å². The van der Waals surface area contributed by atoms with E-state index < -0.39 is 0 Å². The topological polar surface area (TPSA) is 117 Å². The maximum Gasteiger partial charge on any atom is 1.00 e. The Morgan fingerprint density at radius 2 is 1.47 bits per heavy atom. The molecule has 4 aromatic heterocycles. The van der Waals surface area contributed by atoms with Gasteiger partial charge in [0, 0.05) is 61.3 Å². The van der Waals surface area contributed by atoms with E-state index in [-0.39, 0.29) is 46.0 Å². The maximum absolute atomic E-state index is 10.9. The molecule has 4 rings (SSSR count). The first kappa shape index (κ1) is 29.9. The second-order valence-electron chi connectivity index (χ2n) is 6.96. The predicted octanol–water partition coefficient (Wildman–Crippen LogP) is -1.02. The van der Waals surface area contributed by atoms with Crippen LogP contribution in [0.4, 0.5) is 0 Å². The number of hydrogen-bond acceptors (Lipinski definition) is 8. The Balaban J connectivity index is 0.000000608. The molecule has 3 radical (unpaired) electrons. The minimum Gasteiger partial charge on any atom is -1.00 e. The smallest absolute Gasteiger partial charge is 1.00 e. The Morgan fingerprint density at radius 1 is 0.941 bits per heavy atom. The molecule has 0 saturated heterocycles. The molecule has 34 heavy (non-hydrogen) atoms. The molecule has 4 heterocycles. The van der Waals surface area contributed by atoms with Crippen LogP contribution in [0.3, 0.4) is 0 Å². The van der Waals surface area contributed by atoms with E-state index in [1.165, 1.54) is 0 Å². The second kappa shape index (κ2) is 15.7. The number of rotatable bonds is 10. The zero-order valence-corrected chi connectivity index (χ0v) is 21.9. The molecule has 175 valence electrons. The molecule has 0 aliphatic carbocycles. The Labute approximate surface area is 224 Å². The van der Waals surface area contributed by atoms with Gasteiger partial charge in [-0.15, -0.1) is 0 Å². The molecule has 4 aromatic rings. The van der Waals surface area contributed by atoms with Crippen LogP contribution in [0.25, 0.3) is 22.3 Å². The van der Waals surface area contributed by atoms with Crippen LogP contribution < -0.4 is 29.6 Å². The number of fused-ring (bicyclic) bond motifs is 2. The molecule has 0 aromatic carbocycles. The molecule has 10 nitrogen and oxygen atoms in total. The third-order valence-electron chi connectivity index (χ3n) is 4.86. The number of hydrogen-bond donors (Lipinski definition) is 1. The van der Waals surface area contributed by atoms with Gasteiger partial charge in [0.2, 0.25) is 0 Å². The quantitative estimate of drug-likeness (QED) is 0.176. The third kappa shape index (κ3) is 7.43. The fraction of sp³-hybridized carbons (Fsp3) is 0.409. The largest absolute Gasteiger partial charge is 1.00 e. The van der Waals surface area contributed by atoms with Crippen molar-refractivity contribution in [2.75, 3.05) is 27.4 Å². The average molecular weight is 475 g/mol. The number of aryl methyl sites for hydroxylation is 2. The summed E-state index contributed by atoms with van der Waals surface area (Å²) in [5, 5.41) is 9.23. The molecule has 0 saturated carbocycles. The van der Waals surface area contributed by atoms with Gasteiger partial charge >= 0.3 is 29.6 Å². The Kier molecular flexibility index (Phi) is 13.8. The molecule has 0 amide bonds. The number of carbonyl (C=O) groups excluding carboxylic acids is 1. The standard InChI is InChI=1S/C11H15N3O2.C11H13N3O2.B.Na.H/c2*1-16-7-3-6-14-9-4-2-5-12-11(9)13-10(14)8-15;;;/h2,4-5,15H,3,6-8H2,1H3;2,4-5,8H,3,6-7H2,1H3;;;/q;;;+1;-1. The fourth-order valence-corrected chi connectivity index (χ4v) is 3.41. The van der Waals surface area contributed by atoms with Gasteiger partial charge in [0.05, 0.1) is 11.0 Å². The van der Waals surface area contributed by atoms with Crippen molar-refractivity contribution >= 4 is 37.0 Å². The summed E-state index contributed by atoms with van der Waals surface area (Å²) in [7, 11) is 3.34. The first-order valence-electron chi connectivity index (χ1n) is 10.4. The van der Waals surface area contributed by atoms with E-state index in [1.54, 1.807) is 26.6 Å². The zero-order valence-electron chi connectivity index (χ0n) is 20.9. The van der Waals surface area contributed by atoms with Gasteiger partial charge in [-0.2, -0.15) is 0 Å². The average Bonchev–Trinajstić information content (AvgIpc) is 3.38. The number of carbonyl (C=O) groups is 1. The van der Waals surface area contributed by atoms with Crippen molar-refractivity contribution < 1.29 is 50.4 Å². The van der Waals surface area contributed by atoms with Gasteiger partial charge in [0.25, 0.3) is 0 Å². The number of aliphatic hydroxyl groups excluding tert-OH is 1. The van der Waals surface area contributed by atoms with Crippen molar-refractivity contribution in [3.8, 4) is 0 Å². The summed E-state index contributed by atoms with van der Waals surface area (Å²) in [6.45, 7) is 2.79. The van der Waals surface area contributed by atoms with E-state index in [4.69, 9.17) is 9.47 Å². The summed E-state index contributed by atoms with van der Waals surface area (Å²) in [6, 6.07) is 7.58. The van der Waals surface area contributed by atoms with Crippen LogP contribution in [0.2, 0.25) is 0 Å². The summed E-state index contributed by atoms with van der Waals surface area (Å²) >= 11 is 0. The molecular formula is C22H29BN6NaO4. The normalized spacial score (nSPS) is 10.3. The number of aliphatic hydroxyl groups is 1. The summed E-state index contributed by atoms with van der Waals surface area (Å²) in [5.74, 6) is 1.08. The van der Waals surface area contributed by atoms with Crippen molar-refractivity contribution in [1.29, 1.82) is 0 Å². The van der Waals surface area contributed by atoms with Gasteiger partial charge in [-0.3, -0.25) is 4.79 Å². The molecule has 0 bridgehead atoms. The van der Waals surface area contributed by atoms with Crippen LogP contribution in [0, 0.1) is 0 Å². The minimum absolute atomic E-state index is 0. The molecule has 0 fully saturated rings. The predicted molar refractivity (Wildman–Crippen MR) is 126 cm³/mol. The van der Waals surface area contributed by atoms with Crippen molar-refractivity contribution in [1.82, 2.24) is 29.1 Å². The van der Waals surface area contributed by atoms with E-state index >= 15 is 0 Å². The molecule has 1 N–H and O–H groups in total. The molecule has 0 aliphatic rings. The number of ether oxygens (including phenoxy) is 2. The number of pyridine rings is 2. The monoisotopic (exact) mass is 475 g/mol. The first-order chi connectivity index (χ1) is 15.7. The van der Waals surface area contributed by atoms with Crippen LogP contribution in [0.1, 0.15) is 30.7 Å². The van der Waals surface area contributed by atoms with Crippen molar-refractivity contribution in [3.05, 3.63) is 48.3 Å². The van der Waals surface area contributed by atoms with Crippen LogP contribution in [-0.2, 0) is 29.2 Å². The van der Waals surface area contributed by atoms with Gasteiger partial charge < -0.3 is 25.1 Å². The summed E-state index contributed by atoms with van der Waals surface area (Å²) in [5.41, 5.74) is 3.15. The molecule has 0 spiro atoms. The molecule has 0 atom stereocenters. The number of methoxy groups -OCH3 is 2. The van der Waals surface area contributed by atoms with Crippen molar-refractivity contribution in [3.63, 3.8) is 0 Å². The van der Waals surface area contributed by atoms with Crippen LogP contribution in [-0.4, -0.2) is 76.3 Å². The van der Waals surface area contributed by atoms with Gasteiger partial charge in [0.15, 0.2) is 23.4 Å². The van der Waals surface area contributed by atoms with Crippen LogP contribution >= 0.6 is 0 Å². The van der Waals surface area contributed by atoms with Gasteiger partial charge in [0.1, 0.15) is 12.4 Å². The number of aromatic nitrogens is 6. The van der Waals surface area contributed by atoms with Crippen molar-refractivity contribution in [2.45, 2.75) is 32.5 Å². The van der Waals surface area contributed by atoms with Crippen LogP contribution in [0.15, 0.2) is 36.7 Å². The van der Waals surface area contributed by atoms with Gasteiger partial charge in [-0.05, 0) is 37.1 Å². The summed E-state index contributed by atoms with van der Waals surface area (Å²) in [6.07, 6.45) is 5.87. The first-order valence-corrected chi connectivity index (χ1v) is 10.4.